The largest absolute Gasteiger partial charge is 0.448 e. The number of ether oxygens (including phenoxy) is 1. The quantitative estimate of drug-likeness (QED) is 0.655. The fourth-order valence-corrected chi connectivity index (χ4v) is 2.27. The van der Waals surface area contributed by atoms with E-state index in [0.29, 0.717) is 12.4 Å². The number of primary amides is 1. The highest BCUT2D eigenvalue weighted by Crippen LogP contribution is 2.26. The summed E-state index contributed by atoms with van der Waals surface area (Å²) in [5.74, 6) is 0.620. The van der Waals surface area contributed by atoms with Gasteiger partial charge in [0.15, 0.2) is 0 Å². The summed E-state index contributed by atoms with van der Waals surface area (Å²) in [6.07, 6.45) is -0.798. The number of nitrogens with zero attached hydrogens (tertiary/aromatic N) is 2. The number of nitrogens with two attached hydrogens (primary N) is 1. The lowest BCUT2D eigenvalue weighted by atomic mass is 10.4. The van der Waals surface area contributed by atoms with Crippen molar-refractivity contribution in [2.45, 2.75) is 0 Å². The van der Waals surface area contributed by atoms with E-state index < -0.39 is 6.09 Å². The molecule has 0 unspecified atom stereocenters. The van der Waals surface area contributed by atoms with Crippen LogP contribution in [0.1, 0.15) is 0 Å². The van der Waals surface area contributed by atoms with E-state index in [1.54, 1.807) is 0 Å². The standard InChI is InChI=1S/C9H9ClN4O2S/c10-8-13-6(12-2-3-16-9(11)15)5-1-4-17-7(5)14-8/h1,4H,2-3H2,(H2,11,15)(H,12,13,14). The van der Waals surface area contributed by atoms with E-state index in [0.717, 1.165) is 10.2 Å². The van der Waals surface area contributed by atoms with E-state index in [4.69, 9.17) is 17.3 Å². The number of halogens is 1. The Hall–Kier alpha value is -1.60. The van der Waals surface area contributed by atoms with Crippen LogP contribution in [-0.4, -0.2) is 29.2 Å². The molecule has 2 aromatic heterocycles. The molecule has 2 aromatic rings. The number of aromatic nitrogens is 2. The third-order valence-electron chi connectivity index (χ3n) is 1.94. The van der Waals surface area contributed by atoms with Crippen LogP contribution in [-0.2, 0) is 4.74 Å². The van der Waals surface area contributed by atoms with Crippen LogP contribution in [0.4, 0.5) is 10.6 Å². The zero-order valence-corrected chi connectivity index (χ0v) is 10.2. The smallest absolute Gasteiger partial charge is 0.404 e. The lowest BCUT2D eigenvalue weighted by molar-refractivity contribution is 0.161. The van der Waals surface area contributed by atoms with Gasteiger partial charge in [0.2, 0.25) is 5.28 Å². The van der Waals surface area contributed by atoms with Crippen molar-refractivity contribution in [1.82, 2.24) is 9.97 Å². The number of hydrogen-bond acceptors (Lipinski definition) is 6. The van der Waals surface area contributed by atoms with Crippen molar-refractivity contribution >= 4 is 45.1 Å². The number of rotatable bonds is 4. The molecule has 0 fully saturated rings. The minimum Gasteiger partial charge on any atom is -0.448 e. The fourth-order valence-electron chi connectivity index (χ4n) is 1.29. The first-order valence-corrected chi connectivity index (χ1v) is 5.99. The lowest BCUT2D eigenvalue weighted by Crippen LogP contribution is -2.18. The third-order valence-corrected chi connectivity index (χ3v) is 2.91. The van der Waals surface area contributed by atoms with E-state index in [1.165, 1.54) is 11.3 Å². The molecule has 0 atom stereocenters. The zero-order valence-electron chi connectivity index (χ0n) is 8.64. The summed E-state index contributed by atoms with van der Waals surface area (Å²) in [4.78, 5) is 19.3. The Labute approximate surface area is 106 Å². The molecule has 17 heavy (non-hydrogen) atoms. The maximum absolute atomic E-state index is 10.4. The van der Waals surface area contributed by atoms with Crippen molar-refractivity contribution in [3.8, 4) is 0 Å². The first-order chi connectivity index (χ1) is 8.16. The molecule has 0 saturated heterocycles. The van der Waals surface area contributed by atoms with Crippen molar-refractivity contribution in [3.63, 3.8) is 0 Å². The van der Waals surface area contributed by atoms with Gasteiger partial charge in [-0.15, -0.1) is 11.3 Å². The summed E-state index contributed by atoms with van der Waals surface area (Å²) >= 11 is 7.26. The van der Waals surface area contributed by atoms with Gasteiger partial charge < -0.3 is 15.8 Å². The molecule has 3 N–H and O–H groups in total. The Morgan fingerprint density at radius 2 is 2.41 bits per heavy atom. The summed E-state index contributed by atoms with van der Waals surface area (Å²) < 4.78 is 4.59. The normalized spacial score (nSPS) is 10.4. The van der Waals surface area contributed by atoms with E-state index in [-0.39, 0.29) is 11.9 Å². The highest BCUT2D eigenvalue weighted by atomic mass is 35.5. The maximum atomic E-state index is 10.4. The topological polar surface area (TPSA) is 90.1 Å². The second-order valence-corrected chi connectivity index (χ2v) is 4.31. The summed E-state index contributed by atoms with van der Waals surface area (Å²) in [6, 6.07) is 1.90. The molecule has 0 spiro atoms. The SMILES string of the molecule is NC(=O)OCCNc1nc(Cl)nc2sccc12. The first kappa shape index (κ1) is 11.9. The van der Waals surface area contributed by atoms with Crippen molar-refractivity contribution in [2.75, 3.05) is 18.5 Å². The summed E-state index contributed by atoms with van der Waals surface area (Å²) in [5.41, 5.74) is 4.84. The minimum atomic E-state index is -0.798. The van der Waals surface area contributed by atoms with Gasteiger partial charge in [0, 0.05) is 0 Å². The monoisotopic (exact) mass is 272 g/mol. The molecule has 0 aliphatic heterocycles. The molecule has 2 heterocycles. The summed E-state index contributed by atoms with van der Waals surface area (Å²) in [6.45, 7) is 0.573. The van der Waals surface area contributed by atoms with E-state index in [9.17, 15) is 4.79 Å². The number of carbonyl (C=O) groups excluding carboxylic acids is 1. The molecule has 0 saturated carbocycles. The Kier molecular flexibility index (Phi) is 3.60. The molecular weight excluding hydrogens is 264 g/mol. The average Bonchev–Trinajstić information content (AvgIpc) is 2.71. The predicted octanol–water partition coefficient (Wildman–Crippen LogP) is 1.85. The second kappa shape index (κ2) is 5.15. The number of thiophene rings is 1. The molecule has 6 nitrogen and oxygen atoms in total. The highest BCUT2D eigenvalue weighted by Gasteiger charge is 2.07. The molecule has 1 amide bonds. The summed E-state index contributed by atoms with van der Waals surface area (Å²) in [7, 11) is 0. The van der Waals surface area contributed by atoms with Gasteiger partial charge in [-0.3, -0.25) is 0 Å². The van der Waals surface area contributed by atoms with Gasteiger partial charge in [0.05, 0.1) is 11.9 Å². The molecule has 90 valence electrons. The number of anilines is 1. The number of carbonyl (C=O) groups is 1. The van der Waals surface area contributed by atoms with Crippen LogP contribution in [0.3, 0.4) is 0 Å². The van der Waals surface area contributed by atoms with Gasteiger partial charge in [-0.25, -0.2) is 14.8 Å². The molecule has 2 rings (SSSR count). The average molecular weight is 273 g/mol. The Balaban J connectivity index is 2.07. The van der Waals surface area contributed by atoms with E-state index >= 15 is 0 Å². The molecule has 0 bridgehead atoms. The van der Waals surface area contributed by atoms with Crippen LogP contribution in [0.25, 0.3) is 10.2 Å². The first-order valence-electron chi connectivity index (χ1n) is 4.73. The van der Waals surface area contributed by atoms with E-state index in [1.807, 2.05) is 11.4 Å². The number of fused-ring (bicyclic) bond motifs is 1. The Morgan fingerprint density at radius 3 is 3.18 bits per heavy atom. The van der Waals surface area contributed by atoms with Crippen LogP contribution < -0.4 is 11.1 Å². The zero-order chi connectivity index (χ0) is 12.3. The number of hydrogen-bond donors (Lipinski definition) is 2. The number of amides is 1. The van der Waals surface area contributed by atoms with Gasteiger partial charge in [0.25, 0.3) is 0 Å². The maximum Gasteiger partial charge on any atom is 0.404 e. The van der Waals surface area contributed by atoms with Crippen LogP contribution >= 0.6 is 22.9 Å². The number of nitrogens with one attached hydrogen (secondary N) is 1. The van der Waals surface area contributed by atoms with Gasteiger partial charge in [0.1, 0.15) is 17.3 Å². The molecule has 0 radical (unpaired) electrons. The van der Waals surface area contributed by atoms with Crippen LogP contribution in [0.5, 0.6) is 0 Å². The lowest BCUT2D eigenvalue weighted by Gasteiger charge is -2.06. The minimum absolute atomic E-state index is 0.169. The van der Waals surface area contributed by atoms with Gasteiger partial charge in [-0.1, -0.05) is 0 Å². The second-order valence-electron chi connectivity index (χ2n) is 3.07. The predicted molar refractivity (Wildman–Crippen MR) is 66.5 cm³/mol. The Bertz CT molecular complexity index is 545. The molecule has 8 heteroatoms. The van der Waals surface area contributed by atoms with E-state index in [2.05, 4.69) is 20.0 Å². The van der Waals surface area contributed by atoms with Gasteiger partial charge in [-0.2, -0.15) is 0 Å². The summed E-state index contributed by atoms with van der Waals surface area (Å²) in [5, 5.41) is 5.98. The van der Waals surface area contributed by atoms with Crippen LogP contribution in [0.2, 0.25) is 5.28 Å². The molecular formula is C9H9ClN4O2S. The molecule has 0 aliphatic rings. The fraction of sp³-hybridized carbons (Fsp3) is 0.222. The van der Waals surface area contributed by atoms with Crippen LogP contribution in [0.15, 0.2) is 11.4 Å². The van der Waals surface area contributed by atoms with Crippen molar-refractivity contribution in [1.29, 1.82) is 0 Å². The third kappa shape index (κ3) is 2.95. The molecule has 0 aliphatic carbocycles. The highest BCUT2D eigenvalue weighted by molar-refractivity contribution is 7.16. The van der Waals surface area contributed by atoms with Crippen molar-refractivity contribution < 1.29 is 9.53 Å². The Morgan fingerprint density at radius 1 is 1.59 bits per heavy atom. The van der Waals surface area contributed by atoms with Crippen LogP contribution in [0, 0.1) is 0 Å². The van der Waals surface area contributed by atoms with Crippen molar-refractivity contribution in [3.05, 3.63) is 16.7 Å². The van der Waals surface area contributed by atoms with Gasteiger partial charge in [-0.05, 0) is 23.0 Å². The van der Waals surface area contributed by atoms with Crippen molar-refractivity contribution in [2.24, 2.45) is 5.73 Å². The molecule has 0 aromatic carbocycles. The van der Waals surface area contributed by atoms with Gasteiger partial charge >= 0.3 is 6.09 Å².